The minimum Gasteiger partial charge on any atom is -0.400 e. The standard InChI is InChI=1S/C15H17FN4/c1-9-5-12-13(8-20(4)15(12)19-6-9)11(3)18-7-14(16)10(2)17/h5-8H,3,17H2,1-2,4H3/b14-10-,18-7-. The number of hydrogen-bond donors (Lipinski definition) is 1. The van der Waals surface area contributed by atoms with Gasteiger partial charge in [-0.15, -0.1) is 0 Å². The maximum absolute atomic E-state index is 13.3. The highest BCUT2D eigenvalue weighted by atomic mass is 19.1. The summed E-state index contributed by atoms with van der Waals surface area (Å²) >= 11 is 0. The third-order valence-corrected chi connectivity index (χ3v) is 2.97. The molecule has 0 spiro atoms. The molecule has 2 aromatic heterocycles. The summed E-state index contributed by atoms with van der Waals surface area (Å²) in [5.41, 5.74) is 8.63. The Bertz CT molecular complexity index is 734. The number of fused-ring (bicyclic) bond motifs is 1. The Kier molecular flexibility index (Phi) is 3.70. The van der Waals surface area contributed by atoms with Crippen molar-refractivity contribution in [1.29, 1.82) is 0 Å². The SMILES string of the molecule is C=C(/N=C\C(F)=C(/C)N)c1cn(C)c2ncc(C)cc12. The largest absolute Gasteiger partial charge is 0.400 e. The van der Waals surface area contributed by atoms with E-state index in [4.69, 9.17) is 5.73 Å². The highest BCUT2D eigenvalue weighted by Crippen LogP contribution is 2.26. The van der Waals surface area contributed by atoms with Crippen LogP contribution in [0.15, 0.2) is 41.6 Å². The fourth-order valence-electron chi connectivity index (χ4n) is 1.90. The first-order chi connectivity index (χ1) is 9.40. The summed E-state index contributed by atoms with van der Waals surface area (Å²) in [6.07, 6.45) is 4.77. The average molecular weight is 272 g/mol. The molecule has 0 fully saturated rings. The molecule has 0 aliphatic heterocycles. The average Bonchev–Trinajstić information content (AvgIpc) is 2.72. The van der Waals surface area contributed by atoms with E-state index in [-0.39, 0.29) is 5.70 Å². The maximum Gasteiger partial charge on any atom is 0.159 e. The van der Waals surface area contributed by atoms with Crippen LogP contribution in [-0.2, 0) is 7.05 Å². The first kappa shape index (κ1) is 14.0. The van der Waals surface area contributed by atoms with E-state index >= 15 is 0 Å². The van der Waals surface area contributed by atoms with Crippen molar-refractivity contribution in [2.75, 3.05) is 0 Å². The molecule has 0 aliphatic carbocycles. The van der Waals surface area contributed by atoms with Crippen molar-refractivity contribution in [2.45, 2.75) is 13.8 Å². The number of nitrogens with zero attached hydrogens (tertiary/aromatic N) is 3. The lowest BCUT2D eigenvalue weighted by molar-refractivity contribution is 0.672. The zero-order valence-electron chi connectivity index (χ0n) is 11.8. The topological polar surface area (TPSA) is 56.2 Å². The van der Waals surface area contributed by atoms with Gasteiger partial charge >= 0.3 is 0 Å². The molecule has 20 heavy (non-hydrogen) atoms. The quantitative estimate of drug-likeness (QED) is 0.873. The van der Waals surface area contributed by atoms with Gasteiger partial charge in [-0.25, -0.2) is 9.37 Å². The number of halogens is 1. The van der Waals surface area contributed by atoms with Crippen molar-refractivity contribution in [1.82, 2.24) is 9.55 Å². The van der Waals surface area contributed by atoms with Gasteiger partial charge in [0.05, 0.1) is 11.9 Å². The van der Waals surface area contributed by atoms with Crippen molar-refractivity contribution in [2.24, 2.45) is 17.8 Å². The summed E-state index contributed by atoms with van der Waals surface area (Å²) in [5, 5.41) is 0.948. The van der Waals surface area contributed by atoms with Gasteiger partial charge in [0, 0.05) is 36.1 Å². The molecule has 0 saturated heterocycles. The van der Waals surface area contributed by atoms with Crippen LogP contribution in [0.5, 0.6) is 0 Å². The van der Waals surface area contributed by atoms with E-state index in [1.807, 2.05) is 30.8 Å². The van der Waals surface area contributed by atoms with E-state index < -0.39 is 5.83 Å². The molecule has 0 amide bonds. The van der Waals surface area contributed by atoms with Crippen molar-refractivity contribution in [3.8, 4) is 0 Å². The van der Waals surface area contributed by atoms with Crippen LogP contribution in [0.2, 0.25) is 0 Å². The highest BCUT2D eigenvalue weighted by molar-refractivity contribution is 5.93. The number of nitrogens with two attached hydrogens (primary N) is 1. The number of rotatable bonds is 3. The molecule has 104 valence electrons. The molecule has 0 radical (unpaired) electrons. The van der Waals surface area contributed by atoms with E-state index in [1.54, 1.807) is 6.20 Å². The van der Waals surface area contributed by atoms with Gasteiger partial charge in [0.2, 0.25) is 0 Å². The van der Waals surface area contributed by atoms with Gasteiger partial charge < -0.3 is 10.3 Å². The Hall–Kier alpha value is -2.43. The zero-order chi connectivity index (χ0) is 14.9. The summed E-state index contributed by atoms with van der Waals surface area (Å²) < 4.78 is 15.2. The Balaban J connectivity index is 2.46. The number of aromatic nitrogens is 2. The van der Waals surface area contributed by atoms with Gasteiger partial charge in [-0.3, -0.25) is 4.99 Å². The van der Waals surface area contributed by atoms with Crippen LogP contribution in [-0.4, -0.2) is 15.8 Å². The summed E-state index contributed by atoms with van der Waals surface area (Å²) in [4.78, 5) is 8.41. The van der Waals surface area contributed by atoms with Gasteiger partial charge in [0.15, 0.2) is 5.83 Å². The Labute approximate surface area is 117 Å². The Morgan fingerprint density at radius 3 is 2.90 bits per heavy atom. The second kappa shape index (κ2) is 5.28. The fourth-order valence-corrected chi connectivity index (χ4v) is 1.90. The molecule has 4 nitrogen and oxygen atoms in total. The molecule has 0 aromatic carbocycles. The zero-order valence-corrected chi connectivity index (χ0v) is 11.8. The first-order valence-electron chi connectivity index (χ1n) is 6.17. The Morgan fingerprint density at radius 2 is 2.25 bits per heavy atom. The number of aryl methyl sites for hydroxylation is 2. The van der Waals surface area contributed by atoms with Crippen LogP contribution >= 0.6 is 0 Å². The van der Waals surface area contributed by atoms with Crippen molar-refractivity contribution < 1.29 is 4.39 Å². The molecule has 0 saturated carbocycles. The lowest BCUT2D eigenvalue weighted by Gasteiger charge is -1.99. The van der Waals surface area contributed by atoms with E-state index in [2.05, 4.69) is 16.6 Å². The maximum atomic E-state index is 13.3. The van der Waals surface area contributed by atoms with Crippen LogP contribution in [0.1, 0.15) is 18.1 Å². The molecule has 0 atom stereocenters. The lowest BCUT2D eigenvalue weighted by Crippen LogP contribution is -1.95. The molecule has 2 N–H and O–H groups in total. The van der Waals surface area contributed by atoms with Crippen LogP contribution in [0.3, 0.4) is 0 Å². The summed E-state index contributed by atoms with van der Waals surface area (Å²) in [5.74, 6) is -0.555. The molecular weight excluding hydrogens is 255 g/mol. The van der Waals surface area contributed by atoms with Gasteiger partial charge in [-0.2, -0.15) is 0 Å². The summed E-state index contributed by atoms with van der Waals surface area (Å²) in [6, 6.07) is 2.01. The summed E-state index contributed by atoms with van der Waals surface area (Å²) in [6.45, 7) is 7.33. The van der Waals surface area contributed by atoms with Crippen LogP contribution in [0.25, 0.3) is 16.7 Å². The molecule has 2 heterocycles. The first-order valence-corrected chi connectivity index (χ1v) is 6.17. The number of pyridine rings is 1. The number of hydrogen-bond acceptors (Lipinski definition) is 3. The Morgan fingerprint density at radius 1 is 1.55 bits per heavy atom. The predicted molar refractivity (Wildman–Crippen MR) is 81.0 cm³/mol. The van der Waals surface area contributed by atoms with Gasteiger partial charge in [-0.1, -0.05) is 6.58 Å². The van der Waals surface area contributed by atoms with E-state index in [0.717, 1.165) is 28.4 Å². The van der Waals surface area contributed by atoms with E-state index in [0.29, 0.717) is 5.70 Å². The van der Waals surface area contributed by atoms with E-state index in [9.17, 15) is 4.39 Å². The van der Waals surface area contributed by atoms with Crippen molar-refractivity contribution >= 4 is 22.9 Å². The highest BCUT2D eigenvalue weighted by Gasteiger charge is 2.10. The monoisotopic (exact) mass is 272 g/mol. The molecule has 2 rings (SSSR count). The molecular formula is C15H17FN4. The van der Waals surface area contributed by atoms with Gasteiger partial charge in [-0.05, 0) is 25.5 Å². The smallest absolute Gasteiger partial charge is 0.159 e. The normalized spacial score (nSPS) is 13.0. The molecule has 0 unspecified atom stereocenters. The van der Waals surface area contributed by atoms with Gasteiger partial charge in [0.1, 0.15) is 5.65 Å². The van der Waals surface area contributed by atoms with Gasteiger partial charge in [0.25, 0.3) is 0 Å². The minimum absolute atomic E-state index is 0.0944. The van der Waals surface area contributed by atoms with Crippen LogP contribution in [0, 0.1) is 6.92 Å². The second-order valence-corrected chi connectivity index (χ2v) is 4.77. The van der Waals surface area contributed by atoms with Crippen LogP contribution in [0.4, 0.5) is 4.39 Å². The third-order valence-electron chi connectivity index (χ3n) is 2.97. The molecule has 2 aromatic rings. The predicted octanol–water partition coefficient (Wildman–Crippen LogP) is 3.08. The summed E-state index contributed by atoms with van der Waals surface area (Å²) in [7, 11) is 1.90. The molecule has 0 bridgehead atoms. The number of allylic oxidation sites excluding steroid dienone is 2. The van der Waals surface area contributed by atoms with Crippen LogP contribution < -0.4 is 5.73 Å². The van der Waals surface area contributed by atoms with Crippen molar-refractivity contribution in [3.05, 3.63) is 47.7 Å². The lowest BCUT2D eigenvalue weighted by atomic mass is 10.1. The molecule has 0 aliphatic rings. The second-order valence-electron chi connectivity index (χ2n) is 4.77. The third kappa shape index (κ3) is 2.61. The fraction of sp³-hybridized carbons (Fsp3) is 0.200. The number of aliphatic imine (C=N–C) groups is 1. The van der Waals surface area contributed by atoms with Crippen molar-refractivity contribution in [3.63, 3.8) is 0 Å². The molecule has 5 heteroatoms. The van der Waals surface area contributed by atoms with E-state index in [1.165, 1.54) is 6.92 Å². The minimum atomic E-state index is -0.555.